The van der Waals surface area contributed by atoms with Crippen molar-refractivity contribution in [3.05, 3.63) is 36.0 Å². The molecule has 1 N–H and O–H groups in total. The number of carbonyl (C=O) groups excluding carboxylic acids is 1. The summed E-state index contributed by atoms with van der Waals surface area (Å²) in [6, 6.07) is 3.43. The van der Waals surface area contributed by atoms with Gasteiger partial charge in [-0.15, -0.1) is 5.10 Å². The Balaban J connectivity index is 1.75. The molecule has 2 heterocycles. The molecule has 1 unspecified atom stereocenters. The smallest absolute Gasteiger partial charge is 0.373 e. The molecule has 0 amide bonds. The number of rotatable bonds is 7. The van der Waals surface area contributed by atoms with Crippen LogP contribution in [0.1, 0.15) is 35.7 Å². The Labute approximate surface area is 116 Å². The third kappa shape index (κ3) is 3.67. The summed E-state index contributed by atoms with van der Waals surface area (Å²) < 4.78 is 11.8. The standard InChI is InChI=1S/C13H18N4O3/c1-10(11-4-5-12(20-11)13(18)19-2)14-6-3-8-17-9-7-15-16-17/h4-5,7,9-10,14H,3,6,8H2,1-2H3. The first-order valence-corrected chi connectivity index (χ1v) is 6.46. The molecule has 20 heavy (non-hydrogen) atoms. The maximum Gasteiger partial charge on any atom is 0.373 e. The first-order chi connectivity index (χ1) is 9.70. The molecule has 0 bridgehead atoms. The molecular formula is C13H18N4O3. The molecule has 2 aromatic rings. The lowest BCUT2D eigenvalue weighted by molar-refractivity contribution is 0.0562. The minimum atomic E-state index is -0.463. The maximum absolute atomic E-state index is 11.3. The van der Waals surface area contributed by atoms with E-state index in [1.54, 1.807) is 23.0 Å². The van der Waals surface area contributed by atoms with E-state index >= 15 is 0 Å². The van der Waals surface area contributed by atoms with E-state index < -0.39 is 5.97 Å². The normalized spacial score (nSPS) is 12.3. The number of ether oxygens (including phenoxy) is 1. The Bertz CT molecular complexity index is 536. The van der Waals surface area contributed by atoms with Crippen LogP contribution in [0.4, 0.5) is 0 Å². The van der Waals surface area contributed by atoms with Crippen LogP contribution in [0.15, 0.2) is 28.9 Å². The molecule has 2 rings (SSSR count). The Morgan fingerprint density at radius 2 is 2.40 bits per heavy atom. The molecule has 1 atom stereocenters. The Morgan fingerprint density at radius 1 is 1.55 bits per heavy atom. The van der Waals surface area contributed by atoms with E-state index in [9.17, 15) is 4.79 Å². The highest BCUT2D eigenvalue weighted by Crippen LogP contribution is 2.16. The van der Waals surface area contributed by atoms with Gasteiger partial charge in [0.05, 0.1) is 19.3 Å². The second-order valence-corrected chi connectivity index (χ2v) is 4.39. The first kappa shape index (κ1) is 14.3. The van der Waals surface area contributed by atoms with Crippen molar-refractivity contribution < 1.29 is 13.9 Å². The fourth-order valence-electron chi connectivity index (χ4n) is 1.81. The molecule has 0 aromatic carbocycles. The number of methoxy groups -OCH3 is 1. The lowest BCUT2D eigenvalue weighted by Crippen LogP contribution is -2.20. The zero-order valence-corrected chi connectivity index (χ0v) is 11.6. The summed E-state index contributed by atoms with van der Waals surface area (Å²) in [6.45, 7) is 3.61. The van der Waals surface area contributed by atoms with Crippen LogP contribution in [0.5, 0.6) is 0 Å². The average Bonchev–Trinajstić information content (AvgIpc) is 3.13. The fraction of sp³-hybridized carbons (Fsp3) is 0.462. The van der Waals surface area contributed by atoms with E-state index in [0.717, 1.165) is 19.5 Å². The van der Waals surface area contributed by atoms with Gasteiger partial charge in [-0.2, -0.15) is 0 Å². The van der Waals surface area contributed by atoms with E-state index in [1.807, 2.05) is 13.1 Å². The van der Waals surface area contributed by atoms with E-state index in [2.05, 4.69) is 20.4 Å². The highest BCUT2D eigenvalue weighted by Gasteiger charge is 2.14. The van der Waals surface area contributed by atoms with Gasteiger partial charge in [0.25, 0.3) is 0 Å². The van der Waals surface area contributed by atoms with Crippen LogP contribution >= 0.6 is 0 Å². The van der Waals surface area contributed by atoms with Crippen molar-refractivity contribution in [1.29, 1.82) is 0 Å². The van der Waals surface area contributed by atoms with Crippen LogP contribution in [-0.2, 0) is 11.3 Å². The monoisotopic (exact) mass is 278 g/mol. The van der Waals surface area contributed by atoms with Crippen LogP contribution < -0.4 is 5.32 Å². The molecule has 7 nitrogen and oxygen atoms in total. The van der Waals surface area contributed by atoms with Gasteiger partial charge in [0, 0.05) is 12.7 Å². The van der Waals surface area contributed by atoms with Gasteiger partial charge in [0.15, 0.2) is 0 Å². The molecule has 7 heteroatoms. The molecule has 0 fully saturated rings. The van der Waals surface area contributed by atoms with E-state index in [1.165, 1.54) is 7.11 Å². The summed E-state index contributed by atoms with van der Waals surface area (Å²) in [7, 11) is 1.33. The molecular weight excluding hydrogens is 260 g/mol. The first-order valence-electron chi connectivity index (χ1n) is 6.46. The summed E-state index contributed by atoms with van der Waals surface area (Å²) >= 11 is 0. The van der Waals surface area contributed by atoms with Gasteiger partial charge < -0.3 is 14.5 Å². The number of hydrogen-bond acceptors (Lipinski definition) is 6. The number of aromatic nitrogens is 3. The second-order valence-electron chi connectivity index (χ2n) is 4.39. The summed E-state index contributed by atoms with van der Waals surface area (Å²) in [5.74, 6) is 0.472. The fourth-order valence-corrected chi connectivity index (χ4v) is 1.81. The maximum atomic E-state index is 11.3. The van der Waals surface area contributed by atoms with Gasteiger partial charge in [-0.1, -0.05) is 5.21 Å². The number of aryl methyl sites for hydroxylation is 1. The summed E-state index contributed by atoms with van der Waals surface area (Å²) in [5, 5.41) is 11.0. The molecule has 2 aromatic heterocycles. The van der Waals surface area contributed by atoms with Gasteiger partial charge in [0.1, 0.15) is 5.76 Å². The molecule has 108 valence electrons. The van der Waals surface area contributed by atoms with E-state index in [0.29, 0.717) is 5.76 Å². The van der Waals surface area contributed by atoms with Gasteiger partial charge in [-0.05, 0) is 32.0 Å². The Morgan fingerprint density at radius 3 is 3.10 bits per heavy atom. The lowest BCUT2D eigenvalue weighted by Gasteiger charge is -2.11. The number of hydrogen-bond donors (Lipinski definition) is 1. The SMILES string of the molecule is COC(=O)c1ccc(C(C)NCCCn2ccnn2)o1. The van der Waals surface area contributed by atoms with Crippen LogP contribution in [0, 0.1) is 0 Å². The zero-order valence-electron chi connectivity index (χ0n) is 11.6. The van der Waals surface area contributed by atoms with Crippen molar-refractivity contribution in [2.45, 2.75) is 25.9 Å². The number of carbonyl (C=O) groups is 1. The molecule has 0 aliphatic carbocycles. The highest BCUT2D eigenvalue weighted by atomic mass is 16.5. The number of nitrogens with zero attached hydrogens (tertiary/aromatic N) is 3. The second kappa shape index (κ2) is 6.85. The number of nitrogens with one attached hydrogen (secondary N) is 1. The van der Waals surface area contributed by atoms with Crippen molar-refractivity contribution in [2.75, 3.05) is 13.7 Å². The lowest BCUT2D eigenvalue weighted by atomic mass is 10.2. The van der Waals surface area contributed by atoms with E-state index in [-0.39, 0.29) is 11.8 Å². The minimum Gasteiger partial charge on any atom is -0.463 e. The van der Waals surface area contributed by atoms with Crippen LogP contribution in [0.2, 0.25) is 0 Å². The van der Waals surface area contributed by atoms with Crippen molar-refractivity contribution in [1.82, 2.24) is 20.3 Å². The van der Waals surface area contributed by atoms with Crippen molar-refractivity contribution in [3.8, 4) is 0 Å². The molecule has 0 radical (unpaired) electrons. The van der Waals surface area contributed by atoms with Gasteiger partial charge in [-0.25, -0.2) is 4.79 Å². The highest BCUT2D eigenvalue weighted by molar-refractivity contribution is 5.86. The van der Waals surface area contributed by atoms with Gasteiger partial charge in [0.2, 0.25) is 5.76 Å². The summed E-state index contributed by atoms with van der Waals surface area (Å²) in [4.78, 5) is 11.3. The largest absolute Gasteiger partial charge is 0.463 e. The average molecular weight is 278 g/mol. The van der Waals surface area contributed by atoms with Gasteiger partial charge >= 0.3 is 5.97 Å². The minimum absolute atomic E-state index is 0.0316. The molecule has 0 spiro atoms. The third-order valence-corrected chi connectivity index (χ3v) is 2.93. The van der Waals surface area contributed by atoms with Crippen molar-refractivity contribution >= 4 is 5.97 Å². The predicted octanol–water partition coefficient (Wildman–Crippen LogP) is 1.40. The van der Waals surface area contributed by atoms with Crippen molar-refractivity contribution in [3.63, 3.8) is 0 Å². The molecule has 0 saturated carbocycles. The topological polar surface area (TPSA) is 82.2 Å². The van der Waals surface area contributed by atoms with Crippen LogP contribution in [-0.4, -0.2) is 34.6 Å². The summed E-state index contributed by atoms with van der Waals surface area (Å²) in [6.07, 6.45) is 4.42. The molecule has 0 aliphatic rings. The summed E-state index contributed by atoms with van der Waals surface area (Å²) in [5.41, 5.74) is 0. The van der Waals surface area contributed by atoms with Crippen molar-refractivity contribution in [2.24, 2.45) is 0 Å². The van der Waals surface area contributed by atoms with Crippen LogP contribution in [0.25, 0.3) is 0 Å². The molecule has 0 aliphatic heterocycles. The van der Waals surface area contributed by atoms with E-state index in [4.69, 9.17) is 4.42 Å². The quantitative estimate of drug-likeness (QED) is 0.609. The van der Waals surface area contributed by atoms with Crippen LogP contribution in [0.3, 0.4) is 0 Å². The Hall–Kier alpha value is -2.15. The zero-order chi connectivity index (χ0) is 14.4. The predicted molar refractivity (Wildman–Crippen MR) is 71.1 cm³/mol. The molecule has 0 saturated heterocycles. The number of furan rings is 1. The van der Waals surface area contributed by atoms with Gasteiger partial charge in [-0.3, -0.25) is 4.68 Å². The third-order valence-electron chi connectivity index (χ3n) is 2.93. The number of esters is 1. The Kier molecular flexibility index (Phi) is 4.89.